The summed E-state index contributed by atoms with van der Waals surface area (Å²) in [5.41, 5.74) is 2.97. The highest BCUT2D eigenvalue weighted by atomic mass is 19.1. The van der Waals surface area contributed by atoms with E-state index in [1.165, 1.54) is 12.7 Å². The maximum atomic E-state index is 14.2. The van der Waals surface area contributed by atoms with Crippen LogP contribution in [0.1, 0.15) is 17.2 Å². The summed E-state index contributed by atoms with van der Waals surface area (Å²) in [5.74, 6) is 0.0237. The topological polar surface area (TPSA) is 21.3 Å². The van der Waals surface area contributed by atoms with Gasteiger partial charge in [0.25, 0.3) is 0 Å². The van der Waals surface area contributed by atoms with Gasteiger partial charge in [-0.15, -0.1) is 0 Å². The van der Waals surface area contributed by atoms with E-state index in [0.29, 0.717) is 11.3 Å². The first-order chi connectivity index (χ1) is 8.79. The van der Waals surface area contributed by atoms with Gasteiger partial charge in [0.1, 0.15) is 0 Å². The third kappa shape index (κ3) is 1.72. The van der Waals surface area contributed by atoms with Crippen LogP contribution in [0.3, 0.4) is 0 Å². The Bertz CT molecular complexity index is 557. The van der Waals surface area contributed by atoms with Crippen molar-refractivity contribution in [2.45, 2.75) is 12.5 Å². The maximum Gasteiger partial charge on any atom is 0.170 e. The molecule has 2 aromatic rings. The monoisotopic (exact) mass is 243 g/mol. The summed E-state index contributed by atoms with van der Waals surface area (Å²) in [4.78, 5) is 0. The molecule has 2 aromatic carbocycles. The van der Waals surface area contributed by atoms with Crippen molar-refractivity contribution in [3.05, 3.63) is 59.4 Å². The number of methoxy groups -OCH3 is 1. The zero-order chi connectivity index (χ0) is 12.5. The fraction of sp³-hybridized carbons (Fsp3) is 0.200. The number of rotatable bonds is 2. The number of ether oxygens (including phenoxy) is 1. The van der Waals surface area contributed by atoms with Crippen LogP contribution in [0.15, 0.2) is 42.5 Å². The van der Waals surface area contributed by atoms with Crippen LogP contribution in [0.4, 0.5) is 10.1 Å². The summed E-state index contributed by atoms with van der Waals surface area (Å²) >= 11 is 0. The first-order valence-electron chi connectivity index (χ1n) is 5.96. The molecule has 2 nitrogen and oxygen atoms in total. The molecule has 3 heteroatoms. The van der Waals surface area contributed by atoms with Crippen molar-refractivity contribution in [2.24, 2.45) is 0 Å². The second kappa shape index (κ2) is 4.33. The normalized spacial score (nSPS) is 17.1. The summed E-state index contributed by atoms with van der Waals surface area (Å²) in [5, 5.41) is 3.35. The molecule has 1 aliphatic heterocycles. The van der Waals surface area contributed by atoms with Gasteiger partial charge in [-0.2, -0.15) is 0 Å². The molecular weight excluding hydrogens is 229 g/mol. The Balaban J connectivity index is 1.95. The van der Waals surface area contributed by atoms with E-state index in [9.17, 15) is 4.39 Å². The standard InChI is InChI=1S/C15H14FNO/c1-18-14-8-4-6-11(15(14)16)13-9-10-5-2-3-7-12(10)17-13/h2-8,13,17H,9H2,1H3. The summed E-state index contributed by atoms with van der Waals surface area (Å²) in [7, 11) is 1.49. The minimum absolute atomic E-state index is 0.0162. The van der Waals surface area contributed by atoms with Crippen molar-refractivity contribution in [3.63, 3.8) is 0 Å². The van der Waals surface area contributed by atoms with Crippen LogP contribution < -0.4 is 10.1 Å². The van der Waals surface area contributed by atoms with Crippen LogP contribution in [0.25, 0.3) is 0 Å². The van der Waals surface area contributed by atoms with E-state index in [2.05, 4.69) is 11.4 Å². The van der Waals surface area contributed by atoms with Crippen LogP contribution in [0.2, 0.25) is 0 Å². The van der Waals surface area contributed by atoms with E-state index in [0.717, 1.165) is 12.1 Å². The molecule has 0 amide bonds. The Morgan fingerprint density at radius 1 is 1.17 bits per heavy atom. The third-order valence-corrected chi connectivity index (χ3v) is 3.36. The molecule has 1 heterocycles. The van der Waals surface area contributed by atoms with Gasteiger partial charge in [-0.25, -0.2) is 4.39 Å². The number of halogens is 1. The largest absolute Gasteiger partial charge is 0.494 e. The van der Waals surface area contributed by atoms with Crippen LogP contribution in [0, 0.1) is 5.82 Å². The Morgan fingerprint density at radius 2 is 2.00 bits per heavy atom. The summed E-state index contributed by atoms with van der Waals surface area (Å²) in [6.07, 6.45) is 0.806. The number of hydrogen-bond acceptors (Lipinski definition) is 2. The Labute approximate surface area is 105 Å². The van der Waals surface area contributed by atoms with Gasteiger partial charge < -0.3 is 10.1 Å². The molecule has 1 atom stereocenters. The van der Waals surface area contributed by atoms with Crippen LogP contribution in [0.5, 0.6) is 5.75 Å². The maximum absolute atomic E-state index is 14.2. The average molecular weight is 243 g/mol. The first kappa shape index (κ1) is 11.1. The SMILES string of the molecule is COc1cccc(C2Cc3ccccc3N2)c1F. The predicted molar refractivity (Wildman–Crippen MR) is 69.5 cm³/mol. The van der Waals surface area contributed by atoms with E-state index >= 15 is 0 Å². The molecule has 18 heavy (non-hydrogen) atoms. The van der Waals surface area contributed by atoms with E-state index in [1.807, 2.05) is 24.3 Å². The Kier molecular flexibility index (Phi) is 2.67. The van der Waals surface area contributed by atoms with Crippen molar-refractivity contribution < 1.29 is 9.13 Å². The Hall–Kier alpha value is -2.03. The van der Waals surface area contributed by atoms with Crippen molar-refractivity contribution in [2.75, 3.05) is 12.4 Å². The van der Waals surface area contributed by atoms with Gasteiger partial charge in [-0.1, -0.05) is 30.3 Å². The second-order valence-electron chi connectivity index (χ2n) is 4.42. The number of fused-ring (bicyclic) bond motifs is 1. The van der Waals surface area contributed by atoms with Gasteiger partial charge in [-0.3, -0.25) is 0 Å². The van der Waals surface area contributed by atoms with E-state index in [-0.39, 0.29) is 11.9 Å². The first-order valence-corrected chi connectivity index (χ1v) is 5.96. The highest BCUT2D eigenvalue weighted by Gasteiger charge is 2.25. The summed E-state index contributed by atoms with van der Waals surface area (Å²) < 4.78 is 19.2. The molecule has 1 unspecified atom stereocenters. The number of anilines is 1. The van der Waals surface area contributed by atoms with Gasteiger partial charge in [-0.05, 0) is 24.1 Å². The fourth-order valence-electron chi connectivity index (χ4n) is 2.44. The van der Waals surface area contributed by atoms with E-state index < -0.39 is 0 Å². The lowest BCUT2D eigenvalue weighted by molar-refractivity contribution is 0.383. The van der Waals surface area contributed by atoms with Crippen molar-refractivity contribution >= 4 is 5.69 Å². The molecule has 0 radical (unpaired) electrons. The van der Waals surface area contributed by atoms with Crippen LogP contribution in [-0.4, -0.2) is 7.11 Å². The average Bonchev–Trinajstić information content (AvgIpc) is 2.82. The lowest BCUT2D eigenvalue weighted by Crippen LogP contribution is -2.08. The summed E-state index contributed by atoms with van der Waals surface area (Å²) in [6, 6.07) is 13.3. The fourth-order valence-corrected chi connectivity index (χ4v) is 2.44. The molecule has 0 aliphatic carbocycles. The molecule has 0 fully saturated rings. The lowest BCUT2D eigenvalue weighted by atomic mass is 10.0. The molecule has 1 aliphatic rings. The van der Waals surface area contributed by atoms with Crippen molar-refractivity contribution in [1.82, 2.24) is 0 Å². The van der Waals surface area contributed by atoms with Crippen LogP contribution >= 0.6 is 0 Å². The molecule has 0 saturated heterocycles. The predicted octanol–water partition coefficient (Wildman–Crippen LogP) is 3.54. The van der Waals surface area contributed by atoms with Crippen molar-refractivity contribution in [3.8, 4) is 5.75 Å². The highest BCUT2D eigenvalue weighted by Crippen LogP contribution is 2.36. The molecule has 1 N–H and O–H groups in total. The number of benzene rings is 2. The van der Waals surface area contributed by atoms with E-state index in [1.54, 1.807) is 12.1 Å². The third-order valence-electron chi connectivity index (χ3n) is 3.36. The van der Waals surface area contributed by atoms with Gasteiger partial charge >= 0.3 is 0 Å². The minimum atomic E-state index is -0.273. The minimum Gasteiger partial charge on any atom is -0.494 e. The molecule has 0 bridgehead atoms. The van der Waals surface area contributed by atoms with Gasteiger partial charge in [0.05, 0.1) is 13.2 Å². The quantitative estimate of drug-likeness (QED) is 0.871. The van der Waals surface area contributed by atoms with Gasteiger partial charge in [0.2, 0.25) is 0 Å². The smallest absolute Gasteiger partial charge is 0.170 e. The van der Waals surface area contributed by atoms with Crippen LogP contribution in [-0.2, 0) is 6.42 Å². The second-order valence-corrected chi connectivity index (χ2v) is 4.42. The van der Waals surface area contributed by atoms with E-state index in [4.69, 9.17) is 4.74 Å². The zero-order valence-corrected chi connectivity index (χ0v) is 10.1. The lowest BCUT2D eigenvalue weighted by Gasteiger charge is -2.14. The molecule has 0 aromatic heterocycles. The molecule has 92 valence electrons. The molecular formula is C15H14FNO. The number of nitrogens with one attached hydrogen (secondary N) is 1. The molecule has 0 saturated carbocycles. The summed E-state index contributed by atoms with van der Waals surface area (Å²) in [6.45, 7) is 0. The number of hydrogen-bond donors (Lipinski definition) is 1. The van der Waals surface area contributed by atoms with Gasteiger partial charge in [0.15, 0.2) is 11.6 Å². The van der Waals surface area contributed by atoms with Gasteiger partial charge in [0, 0.05) is 11.3 Å². The highest BCUT2D eigenvalue weighted by molar-refractivity contribution is 5.58. The Morgan fingerprint density at radius 3 is 2.78 bits per heavy atom. The zero-order valence-electron chi connectivity index (χ0n) is 10.1. The van der Waals surface area contributed by atoms with Crippen molar-refractivity contribution in [1.29, 1.82) is 0 Å². The number of para-hydroxylation sites is 1. The molecule has 0 spiro atoms. The molecule has 3 rings (SSSR count).